The van der Waals surface area contributed by atoms with Gasteiger partial charge in [0.15, 0.2) is 0 Å². The van der Waals surface area contributed by atoms with Crippen molar-refractivity contribution in [3.05, 3.63) is 0 Å². The Labute approximate surface area is 99.9 Å². The van der Waals surface area contributed by atoms with Gasteiger partial charge in [0.1, 0.15) is 0 Å². The van der Waals surface area contributed by atoms with Crippen LogP contribution in [0.25, 0.3) is 0 Å². The highest BCUT2D eigenvalue weighted by Gasteiger charge is 2.12. The van der Waals surface area contributed by atoms with Crippen LogP contribution in [-0.2, 0) is 4.74 Å². The highest BCUT2D eigenvalue weighted by Crippen LogP contribution is 1.97. The molecule has 0 spiro atoms. The molecule has 16 heavy (non-hydrogen) atoms. The van der Waals surface area contributed by atoms with E-state index in [-0.39, 0.29) is 0 Å². The molecule has 0 saturated carbocycles. The number of rotatable bonds is 8. The van der Waals surface area contributed by atoms with Gasteiger partial charge in [-0.05, 0) is 20.0 Å². The molecule has 1 aliphatic heterocycles. The first-order valence-electron chi connectivity index (χ1n) is 6.52. The summed E-state index contributed by atoms with van der Waals surface area (Å²) in [6.45, 7) is 11.8. The quantitative estimate of drug-likeness (QED) is 0.604. The lowest BCUT2D eigenvalue weighted by Crippen LogP contribution is -2.45. The van der Waals surface area contributed by atoms with Gasteiger partial charge in [0.05, 0.1) is 13.2 Å². The molecular weight excluding hydrogens is 202 g/mol. The first kappa shape index (κ1) is 13.9. The predicted molar refractivity (Wildman–Crippen MR) is 67.9 cm³/mol. The average molecular weight is 229 g/mol. The monoisotopic (exact) mass is 229 g/mol. The molecule has 1 aliphatic rings. The van der Waals surface area contributed by atoms with Crippen molar-refractivity contribution in [3.63, 3.8) is 0 Å². The third kappa shape index (κ3) is 6.43. The lowest BCUT2D eigenvalue weighted by Gasteiger charge is -2.32. The van der Waals surface area contributed by atoms with E-state index >= 15 is 0 Å². The van der Waals surface area contributed by atoms with E-state index in [0.717, 1.165) is 32.8 Å². The number of hydrogen-bond donors (Lipinski definition) is 1. The van der Waals surface area contributed by atoms with E-state index in [0.29, 0.717) is 0 Å². The summed E-state index contributed by atoms with van der Waals surface area (Å²) in [5.41, 5.74) is 0. The maximum Gasteiger partial charge on any atom is 0.0594 e. The summed E-state index contributed by atoms with van der Waals surface area (Å²) in [5, 5.41) is 3.33. The van der Waals surface area contributed by atoms with Crippen LogP contribution in [0.5, 0.6) is 0 Å². The molecule has 0 atom stereocenters. The number of ether oxygens (including phenoxy) is 1. The van der Waals surface area contributed by atoms with E-state index < -0.39 is 0 Å². The lowest BCUT2D eigenvalue weighted by atomic mass is 10.3. The molecule has 1 rings (SSSR count). The number of likely N-dealkylation sites (N-methyl/N-ethyl adjacent to an activating group) is 1. The minimum atomic E-state index is 0.841. The first-order chi connectivity index (χ1) is 7.83. The summed E-state index contributed by atoms with van der Waals surface area (Å²) in [7, 11) is 2.19. The zero-order valence-electron chi connectivity index (χ0n) is 10.9. The smallest absolute Gasteiger partial charge is 0.0594 e. The minimum absolute atomic E-state index is 0.841. The van der Waals surface area contributed by atoms with Gasteiger partial charge in [-0.25, -0.2) is 0 Å². The Balaban J connectivity index is 1.84. The molecule has 4 heteroatoms. The van der Waals surface area contributed by atoms with E-state index in [9.17, 15) is 0 Å². The van der Waals surface area contributed by atoms with Gasteiger partial charge < -0.3 is 15.0 Å². The maximum atomic E-state index is 5.59. The third-order valence-electron chi connectivity index (χ3n) is 3.00. The summed E-state index contributed by atoms with van der Waals surface area (Å²) in [6, 6.07) is 0. The predicted octanol–water partition coefficient (Wildman–Crippen LogP) is 0.250. The Hall–Kier alpha value is -0.160. The Morgan fingerprint density at radius 2 is 1.81 bits per heavy atom. The van der Waals surface area contributed by atoms with E-state index in [2.05, 4.69) is 29.1 Å². The van der Waals surface area contributed by atoms with E-state index in [4.69, 9.17) is 4.74 Å². The van der Waals surface area contributed by atoms with Crippen LogP contribution in [0.15, 0.2) is 0 Å². The van der Waals surface area contributed by atoms with Gasteiger partial charge in [0, 0.05) is 39.3 Å². The van der Waals surface area contributed by atoms with Crippen molar-refractivity contribution >= 4 is 0 Å². The van der Waals surface area contributed by atoms with Gasteiger partial charge in [0.2, 0.25) is 0 Å². The summed E-state index contributed by atoms with van der Waals surface area (Å²) >= 11 is 0. The molecule has 1 fully saturated rings. The number of hydrogen-bond acceptors (Lipinski definition) is 4. The van der Waals surface area contributed by atoms with Crippen LogP contribution < -0.4 is 5.32 Å². The van der Waals surface area contributed by atoms with Crippen LogP contribution in [-0.4, -0.2) is 75.9 Å². The first-order valence-corrected chi connectivity index (χ1v) is 6.52. The van der Waals surface area contributed by atoms with Crippen LogP contribution in [0.2, 0.25) is 0 Å². The summed E-state index contributed by atoms with van der Waals surface area (Å²) in [4.78, 5) is 4.87. The second kappa shape index (κ2) is 8.93. The van der Waals surface area contributed by atoms with Crippen molar-refractivity contribution in [1.82, 2.24) is 15.1 Å². The van der Waals surface area contributed by atoms with E-state index in [1.165, 1.54) is 32.6 Å². The van der Waals surface area contributed by atoms with E-state index in [1.54, 1.807) is 0 Å². The van der Waals surface area contributed by atoms with Crippen LogP contribution in [0.4, 0.5) is 0 Å². The van der Waals surface area contributed by atoms with Crippen molar-refractivity contribution in [2.75, 3.05) is 66.1 Å². The number of nitrogens with one attached hydrogen (secondary N) is 1. The Kier molecular flexibility index (Phi) is 7.76. The van der Waals surface area contributed by atoms with Gasteiger partial charge in [-0.3, -0.25) is 4.90 Å². The Morgan fingerprint density at radius 1 is 1.06 bits per heavy atom. The molecule has 0 aromatic rings. The highest BCUT2D eigenvalue weighted by atomic mass is 16.5. The normalized spacial score (nSPS) is 19.1. The molecule has 1 heterocycles. The minimum Gasteiger partial charge on any atom is -0.379 e. The van der Waals surface area contributed by atoms with Gasteiger partial charge >= 0.3 is 0 Å². The van der Waals surface area contributed by atoms with Gasteiger partial charge in [0.25, 0.3) is 0 Å². The largest absolute Gasteiger partial charge is 0.379 e. The standard InChI is InChI=1S/C12H27N3O/c1-3-4-13-5-11-16-12-10-15-8-6-14(2)7-9-15/h13H,3-12H2,1-2H3. The summed E-state index contributed by atoms with van der Waals surface area (Å²) in [6.07, 6.45) is 1.20. The van der Waals surface area contributed by atoms with Crippen LogP contribution in [0, 0.1) is 0 Å². The zero-order chi connectivity index (χ0) is 11.6. The van der Waals surface area contributed by atoms with Crippen LogP contribution in [0.1, 0.15) is 13.3 Å². The second-order valence-corrected chi connectivity index (χ2v) is 4.51. The lowest BCUT2D eigenvalue weighted by molar-refractivity contribution is 0.0831. The van der Waals surface area contributed by atoms with Gasteiger partial charge in [-0.15, -0.1) is 0 Å². The molecule has 0 radical (unpaired) electrons. The number of nitrogens with zero attached hydrogens (tertiary/aromatic N) is 2. The van der Waals surface area contributed by atoms with Gasteiger partial charge in [-0.2, -0.15) is 0 Å². The molecular formula is C12H27N3O. The molecule has 0 amide bonds. The third-order valence-corrected chi connectivity index (χ3v) is 3.00. The summed E-state index contributed by atoms with van der Waals surface area (Å²) in [5.74, 6) is 0. The molecule has 0 aliphatic carbocycles. The van der Waals surface area contributed by atoms with Crippen molar-refractivity contribution in [2.24, 2.45) is 0 Å². The number of piperazine rings is 1. The average Bonchev–Trinajstić information content (AvgIpc) is 2.30. The van der Waals surface area contributed by atoms with Gasteiger partial charge in [-0.1, -0.05) is 6.92 Å². The second-order valence-electron chi connectivity index (χ2n) is 4.51. The van der Waals surface area contributed by atoms with Crippen LogP contribution >= 0.6 is 0 Å². The van der Waals surface area contributed by atoms with E-state index in [1.807, 2.05) is 0 Å². The summed E-state index contributed by atoms with van der Waals surface area (Å²) < 4.78 is 5.59. The molecule has 4 nitrogen and oxygen atoms in total. The fourth-order valence-corrected chi connectivity index (χ4v) is 1.81. The van der Waals surface area contributed by atoms with Crippen molar-refractivity contribution in [3.8, 4) is 0 Å². The van der Waals surface area contributed by atoms with Crippen LogP contribution in [0.3, 0.4) is 0 Å². The zero-order valence-corrected chi connectivity index (χ0v) is 10.9. The molecule has 0 bridgehead atoms. The van der Waals surface area contributed by atoms with Crippen molar-refractivity contribution in [1.29, 1.82) is 0 Å². The molecule has 0 unspecified atom stereocenters. The fourth-order valence-electron chi connectivity index (χ4n) is 1.81. The molecule has 1 N–H and O–H groups in total. The fraction of sp³-hybridized carbons (Fsp3) is 1.00. The SMILES string of the molecule is CCCNCCOCCN1CCN(C)CC1. The Morgan fingerprint density at radius 3 is 2.50 bits per heavy atom. The molecule has 96 valence electrons. The topological polar surface area (TPSA) is 27.7 Å². The maximum absolute atomic E-state index is 5.59. The molecule has 0 aromatic heterocycles. The molecule has 1 saturated heterocycles. The van der Waals surface area contributed by atoms with Crippen molar-refractivity contribution in [2.45, 2.75) is 13.3 Å². The Bertz CT molecular complexity index is 158. The highest BCUT2D eigenvalue weighted by molar-refractivity contribution is 4.68. The van der Waals surface area contributed by atoms with Crippen molar-refractivity contribution < 1.29 is 4.74 Å². The molecule has 0 aromatic carbocycles.